The minimum absolute atomic E-state index is 0.139. The van der Waals surface area contributed by atoms with Gasteiger partial charge in [-0.25, -0.2) is 0 Å². The zero-order valence-electron chi connectivity index (χ0n) is 9.65. The van der Waals surface area contributed by atoms with Crippen LogP contribution in [0.15, 0.2) is 0 Å². The Morgan fingerprint density at radius 3 is 2.93 bits per heavy atom. The summed E-state index contributed by atoms with van der Waals surface area (Å²) in [6.07, 6.45) is 3.64. The van der Waals surface area contributed by atoms with E-state index in [4.69, 9.17) is 0 Å². The summed E-state index contributed by atoms with van der Waals surface area (Å²) in [7, 11) is 0. The number of hydrogen-bond acceptors (Lipinski definition) is 2. The molecule has 1 atom stereocenters. The minimum atomic E-state index is -0.306. The van der Waals surface area contributed by atoms with Gasteiger partial charge < -0.3 is 10.6 Å². The Balaban J connectivity index is 2.39. The second kappa shape index (κ2) is 5.77. The van der Waals surface area contributed by atoms with Crippen LogP contribution < -0.4 is 10.6 Å². The first-order chi connectivity index (χ1) is 7.25. The Hall–Kier alpha value is -1.01. The fourth-order valence-corrected chi connectivity index (χ4v) is 2.00. The van der Waals surface area contributed by atoms with Crippen LogP contribution in [0.3, 0.4) is 0 Å². The van der Waals surface area contributed by atoms with Gasteiger partial charge in [0.1, 0.15) is 0 Å². The summed E-state index contributed by atoms with van der Waals surface area (Å²) in [5.74, 6) is 5.90. The third kappa shape index (κ3) is 2.97. The van der Waals surface area contributed by atoms with Crippen LogP contribution in [0.2, 0.25) is 0 Å². The van der Waals surface area contributed by atoms with Gasteiger partial charge in [0.25, 0.3) is 0 Å². The Labute approximate surface area is 92.0 Å². The largest absolute Gasteiger partial charge is 0.354 e. The average Bonchev–Trinajstić information content (AvgIpc) is 2.74. The van der Waals surface area contributed by atoms with E-state index in [0.717, 1.165) is 32.2 Å². The van der Waals surface area contributed by atoms with Gasteiger partial charge in [-0.3, -0.25) is 4.79 Å². The molecule has 1 rings (SSSR count). The summed E-state index contributed by atoms with van der Waals surface area (Å²) in [5, 5.41) is 6.26. The molecule has 0 aromatic rings. The van der Waals surface area contributed by atoms with Crippen molar-refractivity contribution in [1.82, 2.24) is 10.6 Å². The van der Waals surface area contributed by atoms with E-state index in [1.54, 1.807) is 0 Å². The molecule has 1 aliphatic rings. The Bertz CT molecular complexity index is 269. The Kier molecular flexibility index (Phi) is 4.64. The summed E-state index contributed by atoms with van der Waals surface area (Å²) in [6.45, 7) is 5.48. The number of carbonyl (C=O) groups excluding carboxylic acids is 1. The standard InChI is InChI=1S/C12H20N2O/c1-3-5-6-9-13-11(15)12(4-2)8-7-10-14-12/h14H,4,6-10H2,1-2H3,(H,13,15). The summed E-state index contributed by atoms with van der Waals surface area (Å²) in [5.41, 5.74) is -0.306. The predicted octanol–water partition coefficient (Wildman–Crippen LogP) is 1.05. The van der Waals surface area contributed by atoms with Gasteiger partial charge in [-0.2, -0.15) is 0 Å². The molecular formula is C12H20N2O. The van der Waals surface area contributed by atoms with Crippen LogP contribution in [-0.4, -0.2) is 24.5 Å². The van der Waals surface area contributed by atoms with Crippen molar-refractivity contribution >= 4 is 5.91 Å². The lowest BCUT2D eigenvalue weighted by Gasteiger charge is -2.26. The number of rotatable bonds is 4. The molecule has 84 valence electrons. The van der Waals surface area contributed by atoms with Gasteiger partial charge in [0.2, 0.25) is 5.91 Å². The van der Waals surface area contributed by atoms with E-state index in [1.165, 1.54) is 0 Å². The maximum Gasteiger partial charge on any atom is 0.240 e. The molecule has 1 saturated heterocycles. The predicted molar refractivity (Wildman–Crippen MR) is 61.3 cm³/mol. The van der Waals surface area contributed by atoms with Crippen LogP contribution in [-0.2, 0) is 4.79 Å². The maximum atomic E-state index is 11.9. The molecule has 0 aromatic heterocycles. The zero-order chi connectivity index (χ0) is 11.1. The third-order valence-corrected chi connectivity index (χ3v) is 2.99. The van der Waals surface area contributed by atoms with Gasteiger partial charge in [-0.05, 0) is 32.7 Å². The average molecular weight is 208 g/mol. The molecule has 0 saturated carbocycles. The topological polar surface area (TPSA) is 41.1 Å². The fraction of sp³-hybridized carbons (Fsp3) is 0.750. The van der Waals surface area contributed by atoms with Gasteiger partial charge in [0, 0.05) is 13.0 Å². The number of nitrogens with one attached hydrogen (secondary N) is 2. The highest BCUT2D eigenvalue weighted by molar-refractivity contribution is 5.86. The molecule has 0 radical (unpaired) electrons. The quantitative estimate of drug-likeness (QED) is 0.535. The molecule has 1 fully saturated rings. The molecule has 0 spiro atoms. The lowest BCUT2D eigenvalue weighted by Crippen LogP contribution is -2.53. The second-order valence-electron chi connectivity index (χ2n) is 3.90. The molecule has 0 aliphatic carbocycles. The van der Waals surface area contributed by atoms with Crippen molar-refractivity contribution in [3.8, 4) is 11.8 Å². The van der Waals surface area contributed by atoms with Gasteiger partial charge in [0.05, 0.1) is 5.54 Å². The van der Waals surface area contributed by atoms with Crippen LogP contribution in [0.1, 0.15) is 39.5 Å². The monoisotopic (exact) mass is 208 g/mol. The van der Waals surface area contributed by atoms with E-state index >= 15 is 0 Å². The number of amides is 1. The van der Waals surface area contributed by atoms with Crippen molar-refractivity contribution in [2.24, 2.45) is 0 Å². The lowest BCUT2D eigenvalue weighted by atomic mass is 9.93. The number of hydrogen-bond donors (Lipinski definition) is 2. The maximum absolute atomic E-state index is 11.9. The van der Waals surface area contributed by atoms with Crippen LogP contribution in [0.4, 0.5) is 0 Å². The van der Waals surface area contributed by atoms with Gasteiger partial charge in [-0.15, -0.1) is 11.8 Å². The van der Waals surface area contributed by atoms with Crippen LogP contribution in [0.25, 0.3) is 0 Å². The van der Waals surface area contributed by atoms with Crippen molar-refractivity contribution in [1.29, 1.82) is 0 Å². The van der Waals surface area contributed by atoms with Crippen molar-refractivity contribution in [3.63, 3.8) is 0 Å². The molecule has 3 heteroatoms. The van der Waals surface area contributed by atoms with Crippen molar-refractivity contribution in [2.75, 3.05) is 13.1 Å². The normalized spacial score (nSPS) is 24.4. The second-order valence-corrected chi connectivity index (χ2v) is 3.90. The first-order valence-electron chi connectivity index (χ1n) is 5.68. The molecule has 1 unspecified atom stereocenters. The van der Waals surface area contributed by atoms with Crippen LogP contribution in [0.5, 0.6) is 0 Å². The zero-order valence-corrected chi connectivity index (χ0v) is 9.65. The number of carbonyl (C=O) groups is 1. The summed E-state index contributed by atoms with van der Waals surface area (Å²) in [4.78, 5) is 11.9. The molecule has 0 aromatic carbocycles. The van der Waals surface area contributed by atoms with E-state index < -0.39 is 0 Å². The summed E-state index contributed by atoms with van der Waals surface area (Å²) in [6, 6.07) is 0. The summed E-state index contributed by atoms with van der Waals surface area (Å²) < 4.78 is 0. The summed E-state index contributed by atoms with van der Waals surface area (Å²) >= 11 is 0. The molecule has 1 amide bonds. The van der Waals surface area contributed by atoms with Crippen molar-refractivity contribution in [2.45, 2.75) is 45.1 Å². The fourth-order valence-electron chi connectivity index (χ4n) is 2.00. The first-order valence-corrected chi connectivity index (χ1v) is 5.68. The molecule has 3 nitrogen and oxygen atoms in total. The molecular weight excluding hydrogens is 188 g/mol. The smallest absolute Gasteiger partial charge is 0.240 e. The highest BCUT2D eigenvalue weighted by Crippen LogP contribution is 2.22. The molecule has 15 heavy (non-hydrogen) atoms. The SMILES string of the molecule is CC#CCCNC(=O)C1(CC)CCCN1. The third-order valence-electron chi connectivity index (χ3n) is 2.99. The van der Waals surface area contributed by atoms with Crippen molar-refractivity contribution in [3.05, 3.63) is 0 Å². The van der Waals surface area contributed by atoms with Gasteiger partial charge in [-0.1, -0.05) is 6.92 Å². The minimum Gasteiger partial charge on any atom is -0.354 e. The molecule has 1 aliphatic heterocycles. The van der Waals surface area contributed by atoms with E-state index in [0.29, 0.717) is 6.54 Å². The molecule has 0 bridgehead atoms. The van der Waals surface area contributed by atoms with Crippen molar-refractivity contribution < 1.29 is 4.79 Å². The Morgan fingerprint density at radius 1 is 1.60 bits per heavy atom. The van der Waals surface area contributed by atoms with Crippen LogP contribution in [0, 0.1) is 11.8 Å². The van der Waals surface area contributed by atoms with Gasteiger partial charge in [0.15, 0.2) is 0 Å². The molecule has 1 heterocycles. The van der Waals surface area contributed by atoms with E-state index in [9.17, 15) is 4.79 Å². The van der Waals surface area contributed by atoms with E-state index in [2.05, 4.69) is 29.4 Å². The van der Waals surface area contributed by atoms with E-state index in [1.807, 2.05) is 6.92 Å². The lowest BCUT2D eigenvalue weighted by molar-refractivity contribution is -0.127. The van der Waals surface area contributed by atoms with Gasteiger partial charge >= 0.3 is 0 Å². The van der Waals surface area contributed by atoms with Crippen LogP contribution >= 0.6 is 0 Å². The first kappa shape index (κ1) is 12.1. The molecule has 2 N–H and O–H groups in total. The van der Waals surface area contributed by atoms with E-state index in [-0.39, 0.29) is 11.4 Å². The highest BCUT2D eigenvalue weighted by atomic mass is 16.2. The highest BCUT2D eigenvalue weighted by Gasteiger charge is 2.38. The Morgan fingerprint density at radius 2 is 2.40 bits per heavy atom.